The van der Waals surface area contributed by atoms with E-state index in [9.17, 15) is 4.79 Å². The summed E-state index contributed by atoms with van der Waals surface area (Å²) >= 11 is 1.81. The van der Waals surface area contributed by atoms with Crippen LogP contribution in [-0.4, -0.2) is 24.3 Å². The third-order valence-electron chi connectivity index (χ3n) is 3.66. The molecule has 128 valence electrons. The molecule has 0 saturated carbocycles. The molecule has 0 aliphatic rings. The number of rotatable bonds is 8. The molecule has 4 heteroatoms. The highest BCUT2D eigenvalue weighted by molar-refractivity contribution is 7.98. The summed E-state index contributed by atoms with van der Waals surface area (Å²) in [5.41, 5.74) is 3.54. The molecular formula is C20H25NO2S. The van der Waals surface area contributed by atoms with E-state index in [1.54, 1.807) is 6.92 Å². The Morgan fingerprint density at radius 1 is 1.17 bits per heavy atom. The summed E-state index contributed by atoms with van der Waals surface area (Å²) in [7, 11) is 0. The van der Waals surface area contributed by atoms with Gasteiger partial charge in [-0.2, -0.15) is 11.8 Å². The predicted molar refractivity (Wildman–Crippen MR) is 102 cm³/mol. The van der Waals surface area contributed by atoms with Crippen LogP contribution in [0.4, 0.5) is 0 Å². The van der Waals surface area contributed by atoms with Crippen molar-refractivity contribution in [1.29, 1.82) is 0 Å². The molecular weight excluding hydrogens is 318 g/mol. The molecule has 0 bridgehead atoms. The second kappa shape index (κ2) is 9.38. The van der Waals surface area contributed by atoms with Crippen molar-refractivity contribution < 1.29 is 9.53 Å². The molecule has 0 radical (unpaired) electrons. The van der Waals surface area contributed by atoms with Crippen LogP contribution in [0.15, 0.2) is 48.5 Å². The lowest BCUT2D eigenvalue weighted by atomic mass is 10.1. The Hall–Kier alpha value is -1.94. The largest absolute Gasteiger partial charge is 0.481 e. The molecule has 0 saturated heterocycles. The summed E-state index contributed by atoms with van der Waals surface area (Å²) in [6.45, 7) is 6.47. The molecule has 0 aromatic heterocycles. The van der Waals surface area contributed by atoms with Crippen LogP contribution in [0, 0.1) is 13.8 Å². The quantitative estimate of drug-likeness (QED) is 0.733. The number of thioether (sulfide) groups is 1. The molecule has 0 fully saturated rings. The summed E-state index contributed by atoms with van der Waals surface area (Å²) in [6, 6.07) is 16.3. The van der Waals surface area contributed by atoms with E-state index in [1.807, 2.05) is 55.9 Å². The highest BCUT2D eigenvalue weighted by Crippen LogP contribution is 2.20. The van der Waals surface area contributed by atoms with Crippen molar-refractivity contribution in [2.75, 3.05) is 12.3 Å². The van der Waals surface area contributed by atoms with Crippen LogP contribution in [-0.2, 0) is 10.5 Å². The van der Waals surface area contributed by atoms with Crippen LogP contribution in [0.1, 0.15) is 23.6 Å². The van der Waals surface area contributed by atoms with E-state index in [0.29, 0.717) is 6.54 Å². The molecule has 0 heterocycles. The fraction of sp³-hybridized carbons (Fsp3) is 0.350. The van der Waals surface area contributed by atoms with Gasteiger partial charge in [-0.05, 0) is 38.0 Å². The SMILES string of the molecule is Cc1ccc(O[C@@H](C)C(=O)NCCSCc2ccccc2)c(C)c1. The van der Waals surface area contributed by atoms with Crippen molar-refractivity contribution in [2.45, 2.75) is 32.6 Å². The Bertz CT molecular complexity index is 658. The van der Waals surface area contributed by atoms with Crippen molar-refractivity contribution in [3.05, 3.63) is 65.2 Å². The number of nitrogens with one attached hydrogen (secondary N) is 1. The third kappa shape index (κ3) is 5.93. The minimum absolute atomic E-state index is 0.0738. The molecule has 2 aromatic rings. The van der Waals surface area contributed by atoms with Gasteiger partial charge in [-0.15, -0.1) is 0 Å². The van der Waals surface area contributed by atoms with Gasteiger partial charge in [0.25, 0.3) is 5.91 Å². The lowest BCUT2D eigenvalue weighted by Gasteiger charge is -2.16. The number of hydrogen-bond acceptors (Lipinski definition) is 3. The molecule has 1 N–H and O–H groups in total. The van der Waals surface area contributed by atoms with E-state index >= 15 is 0 Å². The molecule has 0 unspecified atom stereocenters. The molecule has 0 aliphatic heterocycles. The highest BCUT2D eigenvalue weighted by Gasteiger charge is 2.15. The van der Waals surface area contributed by atoms with Crippen LogP contribution >= 0.6 is 11.8 Å². The fourth-order valence-corrected chi connectivity index (χ4v) is 3.15. The number of aryl methyl sites for hydroxylation is 2. The van der Waals surface area contributed by atoms with Gasteiger partial charge in [0.15, 0.2) is 6.10 Å². The summed E-state index contributed by atoms with van der Waals surface area (Å²) in [6.07, 6.45) is -0.495. The summed E-state index contributed by atoms with van der Waals surface area (Å²) in [4.78, 5) is 12.1. The van der Waals surface area contributed by atoms with Crippen molar-refractivity contribution >= 4 is 17.7 Å². The normalized spacial score (nSPS) is 11.8. The zero-order chi connectivity index (χ0) is 17.4. The Morgan fingerprint density at radius 2 is 1.92 bits per heavy atom. The minimum atomic E-state index is -0.495. The maximum absolute atomic E-state index is 12.1. The maximum atomic E-state index is 12.1. The second-order valence-corrected chi connectivity index (χ2v) is 6.96. The number of ether oxygens (including phenoxy) is 1. The van der Waals surface area contributed by atoms with Gasteiger partial charge in [-0.25, -0.2) is 0 Å². The average molecular weight is 343 g/mol. The fourth-order valence-electron chi connectivity index (χ4n) is 2.33. The van der Waals surface area contributed by atoms with E-state index in [-0.39, 0.29) is 5.91 Å². The Labute approximate surface area is 148 Å². The van der Waals surface area contributed by atoms with E-state index in [4.69, 9.17) is 4.74 Å². The topological polar surface area (TPSA) is 38.3 Å². The molecule has 2 aromatic carbocycles. The first-order valence-corrected chi connectivity index (χ1v) is 9.35. The molecule has 1 amide bonds. The van der Waals surface area contributed by atoms with Crippen molar-refractivity contribution in [2.24, 2.45) is 0 Å². The monoisotopic (exact) mass is 343 g/mol. The van der Waals surface area contributed by atoms with E-state index in [1.165, 1.54) is 11.1 Å². The number of hydrogen-bond donors (Lipinski definition) is 1. The van der Waals surface area contributed by atoms with Crippen molar-refractivity contribution in [3.63, 3.8) is 0 Å². The molecule has 1 atom stereocenters. The summed E-state index contributed by atoms with van der Waals surface area (Å²) in [5.74, 6) is 2.54. The van der Waals surface area contributed by atoms with Gasteiger partial charge in [0.2, 0.25) is 0 Å². The van der Waals surface area contributed by atoms with E-state index in [2.05, 4.69) is 23.5 Å². The zero-order valence-corrected chi connectivity index (χ0v) is 15.4. The third-order valence-corrected chi connectivity index (χ3v) is 4.69. The number of benzene rings is 2. The molecule has 24 heavy (non-hydrogen) atoms. The molecule has 2 rings (SSSR count). The maximum Gasteiger partial charge on any atom is 0.260 e. The first-order valence-electron chi connectivity index (χ1n) is 8.19. The minimum Gasteiger partial charge on any atom is -0.481 e. The standard InChI is InChI=1S/C20H25NO2S/c1-15-9-10-19(16(2)13-15)23-17(3)20(22)21-11-12-24-14-18-7-5-4-6-8-18/h4-10,13,17H,11-12,14H2,1-3H3,(H,21,22)/t17-/m0/s1. The molecule has 0 spiro atoms. The average Bonchev–Trinajstić information content (AvgIpc) is 2.57. The first-order chi connectivity index (χ1) is 11.6. The van der Waals surface area contributed by atoms with Gasteiger partial charge >= 0.3 is 0 Å². The van der Waals surface area contributed by atoms with Crippen LogP contribution in [0.25, 0.3) is 0 Å². The Balaban J connectivity index is 1.68. The number of amides is 1. The van der Waals surface area contributed by atoms with Gasteiger partial charge in [0.05, 0.1) is 0 Å². The lowest BCUT2D eigenvalue weighted by molar-refractivity contribution is -0.127. The smallest absolute Gasteiger partial charge is 0.260 e. The van der Waals surface area contributed by atoms with Crippen molar-refractivity contribution in [3.8, 4) is 5.75 Å². The van der Waals surface area contributed by atoms with Gasteiger partial charge in [0.1, 0.15) is 5.75 Å². The highest BCUT2D eigenvalue weighted by atomic mass is 32.2. The van der Waals surface area contributed by atoms with E-state index < -0.39 is 6.10 Å². The Morgan fingerprint density at radius 3 is 2.62 bits per heavy atom. The van der Waals surface area contributed by atoms with Gasteiger partial charge in [0, 0.05) is 18.1 Å². The molecule has 0 aliphatic carbocycles. The summed E-state index contributed by atoms with van der Waals surface area (Å²) < 4.78 is 5.77. The molecule has 3 nitrogen and oxygen atoms in total. The van der Waals surface area contributed by atoms with Crippen LogP contribution in [0.5, 0.6) is 5.75 Å². The zero-order valence-electron chi connectivity index (χ0n) is 14.5. The van der Waals surface area contributed by atoms with Crippen molar-refractivity contribution in [1.82, 2.24) is 5.32 Å². The lowest BCUT2D eigenvalue weighted by Crippen LogP contribution is -2.37. The van der Waals surface area contributed by atoms with Gasteiger partial charge in [-0.3, -0.25) is 4.79 Å². The van der Waals surface area contributed by atoms with Gasteiger partial charge < -0.3 is 10.1 Å². The first kappa shape index (κ1) is 18.4. The van der Waals surface area contributed by atoms with Crippen LogP contribution in [0.2, 0.25) is 0 Å². The second-order valence-electron chi connectivity index (χ2n) is 5.86. The van der Waals surface area contributed by atoms with Crippen LogP contribution < -0.4 is 10.1 Å². The number of carbonyl (C=O) groups is 1. The van der Waals surface area contributed by atoms with Gasteiger partial charge in [-0.1, -0.05) is 48.0 Å². The van der Waals surface area contributed by atoms with Crippen LogP contribution in [0.3, 0.4) is 0 Å². The summed E-state index contributed by atoms with van der Waals surface area (Å²) in [5, 5.41) is 2.94. The Kier molecular flexibility index (Phi) is 7.19. The van der Waals surface area contributed by atoms with E-state index in [0.717, 1.165) is 22.8 Å². The number of carbonyl (C=O) groups excluding carboxylic acids is 1. The predicted octanol–water partition coefficient (Wildman–Crippen LogP) is 4.12.